The van der Waals surface area contributed by atoms with Crippen LogP contribution in [0, 0.1) is 0 Å². The van der Waals surface area contributed by atoms with Crippen LogP contribution < -0.4 is 15.0 Å². The van der Waals surface area contributed by atoms with E-state index in [1.165, 1.54) is 0 Å². The molecule has 0 bridgehead atoms. The van der Waals surface area contributed by atoms with Crippen LogP contribution in [0.2, 0.25) is 0 Å². The van der Waals surface area contributed by atoms with Gasteiger partial charge in [-0.2, -0.15) is 4.98 Å². The molecule has 2 saturated heterocycles. The number of ether oxygens (including phenoxy) is 2. The van der Waals surface area contributed by atoms with Crippen molar-refractivity contribution >= 4 is 17.8 Å². The first-order chi connectivity index (χ1) is 21.6. The minimum absolute atomic E-state index is 0.0304. The molecule has 2 aliphatic heterocycles. The molecule has 11 heteroatoms. The monoisotopic (exact) mass is 616 g/mol. The summed E-state index contributed by atoms with van der Waals surface area (Å²) in [4.78, 5) is 40.6. The van der Waals surface area contributed by atoms with Gasteiger partial charge in [0.15, 0.2) is 0 Å². The van der Waals surface area contributed by atoms with E-state index in [-0.39, 0.29) is 17.8 Å². The lowest BCUT2D eigenvalue weighted by Crippen LogP contribution is -2.49. The van der Waals surface area contributed by atoms with Crippen molar-refractivity contribution in [3.63, 3.8) is 0 Å². The fourth-order valence-corrected chi connectivity index (χ4v) is 5.57. The van der Waals surface area contributed by atoms with Crippen molar-refractivity contribution in [3.8, 4) is 23.0 Å². The first-order valence-corrected chi connectivity index (χ1v) is 15.7. The Labute approximate surface area is 265 Å². The van der Waals surface area contributed by atoms with E-state index in [2.05, 4.69) is 20.1 Å². The normalized spacial score (nSPS) is 16.3. The molecule has 2 amide bonds. The van der Waals surface area contributed by atoms with Gasteiger partial charge in [0.25, 0.3) is 0 Å². The molecule has 0 radical (unpaired) electrons. The largest absolute Gasteiger partial charge is 0.493 e. The predicted octanol–water partition coefficient (Wildman–Crippen LogP) is 4.46. The minimum Gasteiger partial charge on any atom is -0.493 e. The minimum atomic E-state index is -0.527. The van der Waals surface area contributed by atoms with Crippen molar-refractivity contribution in [2.24, 2.45) is 0 Å². The molecule has 2 fully saturated rings. The number of aromatic nitrogens is 2. The maximum absolute atomic E-state index is 12.9. The number of hydrogen-bond acceptors (Lipinski definition) is 9. The molecule has 2 aliphatic rings. The van der Waals surface area contributed by atoms with Gasteiger partial charge in [0.1, 0.15) is 18.0 Å². The maximum Gasteiger partial charge on any atom is 0.407 e. The molecule has 5 rings (SSSR count). The number of aromatic hydroxyl groups is 1. The van der Waals surface area contributed by atoms with Crippen molar-refractivity contribution in [1.29, 1.82) is 0 Å². The molecule has 0 atom stereocenters. The Hall–Kier alpha value is -4.38. The van der Waals surface area contributed by atoms with E-state index in [1.807, 2.05) is 74.2 Å². The highest BCUT2D eigenvalue weighted by atomic mass is 16.6. The average molecular weight is 617 g/mol. The lowest BCUT2D eigenvalue weighted by atomic mass is 10.0. The number of carbonyl (C=O) groups is 2. The highest BCUT2D eigenvalue weighted by molar-refractivity contribution is 5.76. The van der Waals surface area contributed by atoms with Crippen LogP contribution in [-0.4, -0.2) is 94.3 Å². The molecule has 3 aromatic rings. The Morgan fingerprint density at radius 1 is 0.911 bits per heavy atom. The molecule has 0 aliphatic carbocycles. The standard InChI is InChI=1S/C34H44N6O5/c1-34(2,3)45-33(43)35-26-14-18-40(19-15-26)31(42)16-17-38-20-22-39(23-21-38)29-11-7-10-28(36-29)27-12-13-30(41)37-32(27)44-24-25-8-5-4-6-9-25/h4-13,26H,14-24H2,1-3H3,(H,35,43)(H,37,41). The van der Waals surface area contributed by atoms with E-state index in [4.69, 9.17) is 14.5 Å². The van der Waals surface area contributed by atoms with Crippen molar-refractivity contribution < 1.29 is 24.2 Å². The van der Waals surface area contributed by atoms with Gasteiger partial charge in [-0.15, -0.1) is 0 Å². The number of carbonyl (C=O) groups excluding carboxylic acids is 2. The predicted molar refractivity (Wildman–Crippen MR) is 172 cm³/mol. The van der Waals surface area contributed by atoms with Gasteiger partial charge in [-0.3, -0.25) is 9.69 Å². The van der Waals surface area contributed by atoms with Gasteiger partial charge in [0.05, 0.1) is 11.3 Å². The number of amides is 2. The Bertz CT molecular complexity index is 1430. The molecule has 0 spiro atoms. The van der Waals surface area contributed by atoms with E-state index < -0.39 is 11.7 Å². The Kier molecular flexibility index (Phi) is 10.4. The fraction of sp³-hybridized carbons (Fsp3) is 0.471. The molecule has 45 heavy (non-hydrogen) atoms. The Morgan fingerprint density at radius 2 is 1.64 bits per heavy atom. The van der Waals surface area contributed by atoms with Gasteiger partial charge < -0.3 is 29.7 Å². The van der Waals surface area contributed by atoms with Crippen LogP contribution in [0.1, 0.15) is 45.6 Å². The Balaban J connectivity index is 1.08. The van der Waals surface area contributed by atoms with Crippen LogP contribution >= 0.6 is 0 Å². The Morgan fingerprint density at radius 3 is 2.36 bits per heavy atom. The molecular formula is C34H44N6O5. The third-order valence-corrected chi connectivity index (χ3v) is 7.98. The number of nitrogens with one attached hydrogen (secondary N) is 1. The smallest absolute Gasteiger partial charge is 0.407 e. The number of piperidine rings is 1. The van der Waals surface area contributed by atoms with E-state index in [9.17, 15) is 14.7 Å². The van der Waals surface area contributed by atoms with Crippen molar-refractivity contribution in [2.75, 3.05) is 50.7 Å². The topological polar surface area (TPSA) is 120 Å². The van der Waals surface area contributed by atoms with E-state index in [0.717, 1.165) is 62.6 Å². The molecule has 240 valence electrons. The summed E-state index contributed by atoms with van der Waals surface area (Å²) in [5.74, 6) is 1.26. The molecular weight excluding hydrogens is 572 g/mol. The number of piperazine rings is 1. The van der Waals surface area contributed by atoms with Crippen LogP contribution in [0.5, 0.6) is 11.8 Å². The second kappa shape index (κ2) is 14.6. The summed E-state index contributed by atoms with van der Waals surface area (Å²) >= 11 is 0. The summed E-state index contributed by atoms with van der Waals surface area (Å²) in [5.41, 5.74) is 1.92. The number of benzene rings is 1. The highest BCUT2D eigenvalue weighted by Gasteiger charge is 2.27. The van der Waals surface area contributed by atoms with Crippen LogP contribution in [0.25, 0.3) is 11.3 Å². The molecule has 0 unspecified atom stereocenters. The van der Waals surface area contributed by atoms with Gasteiger partial charge in [0, 0.05) is 64.3 Å². The number of hydrogen-bond donors (Lipinski definition) is 2. The third kappa shape index (κ3) is 9.31. The zero-order chi connectivity index (χ0) is 31.8. The first kappa shape index (κ1) is 32.0. The van der Waals surface area contributed by atoms with Gasteiger partial charge in [-0.25, -0.2) is 9.78 Å². The van der Waals surface area contributed by atoms with Crippen LogP contribution in [0.3, 0.4) is 0 Å². The van der Waals surface area contributed by atoms with Gasteiger partial charge in [0.2, 0.25) is 17.7 Å². The van der Waals surface area contributed by atoms with E-state index in [0.29, 0.717) is 37.6 Å². The SMILES string of the molecule is CC(C)(C)OC(=O)NC1CCN(C(=O)CCN2CCN(c3cccc(-c4ccc(O)nc4OCc4ccccc4)n3)CC2)CC1. The van der Waals surface area contributed by atoms with Crippen molar-refractivity contribution in [3.05, 3.63) is 66.2 Å². The summed E-state index contributed by atoms with van der Waals surface area (Å²) in [6.07, 6.45) is 1.55. The van der Waals surface area contributed by atoms with Crippen molar-refractivity contribution in [1.82, 2.24) is 25.1 Å². The second-order valence-electron chi connectivity index (χ2n) is 12.6. The lowest BCUT2D eigenvalue weighted by molar-refractivity contribution is -0.132. The zero-order valence-electron chi connectivity index (χ0n) is 26.4. The quantitative estimate of drug-likeness (QED) is 0.359. The zero-order valence-corrected chi connectivity index (χ0v) is 26.4. The summed E-state index contributed by atoms with van der Waals surface area (Å²) in [6, 6.07) is 19.1. The summed E-state index contributed by atoms with van der Waals surface area (Å²) in [5, 5.41) is 12.9. The number of alkyl carbamates (subject to hydrolysis) is 1. The summed E-state index contributed by atoms with van der Waals surface area (Å²) < 4.78 is 11.4. The number of rotatable bonds is 9. The summed E-state index contributed by atoms with van der Waals surface area (Å²) in [7, 11) is 0. The molecule has 1 aromatic carbocycles. The van der Waals surface area contributed by atoms with E-state index in [1.54, 1.807) is 12.1 Å². The first-order valence-electron chi connectivity index (χ1n) is 15.7. The molecule has 2 aromatic heterocycles. The third-order valence-electron chi connectivity index (χ3n) is 7.98. The van der Waals surface area contributed by atoms with Crippen molar-refractivity contribution in [2.45, 2.75) is 58.3 Å². The number of anilines is 1. The lowest BCUT2D eigenvalue weighted by Gasteiger charge is -2.36. The van der Waals surface area contributed by atoms with Gasteiger partial charge in [-0.1, -0.05) is 36.4 Å². The maximum atomic E-state index is 12.9. The van der Waals surface area contributed by atoms with Crippen LogP contribution in [0.15, 0.2) is 60.7 Å². The van der Waals surface area contributed by atoms with Crippen LogP contribution in [0.4, 0.5) is 10.6 Å². The highest BCUT2D eigenvalue weighted by Crippen LogP contribution is 2.31. The van der Waals surface area contributed by atoms with E-state index >= 15 is 0 Å². The average Bonchev–Trinajstić information content (AvgIpc) is 3.03. The van der Waals surface area contributed by atoms with Crippen LogP contribution in [-0.2, 0) is 16.1 Å². The number of pyridine rings is 2. The summed E-state index contributed by atoms with van der Waals surface area (Å²) in [6.45, 7) is 11.2. The molecule has 11 nitrogen and oxygen atoms in total. The van der Waals surface area contributed by atoms with Gasteiger partial charge >= 0.3 is 6.09 Å². The molecule has 4 heterocycles. The number of likely N-dealkylation sites (tertiary alicyclic amines) is 1. The van der Waals surface area contributed by atoms with Gasteiger partial charge in [-0.05, 0) is 57.4 Å². The fourth-order valence-electron chi connectivity index (χ4n) is 5.57. The number of nitrogens with zero attached hydrogens (tertiary/aromatic N) is 5. The molecule has 0 saturated carbocycles. The second-order valence-corrected chi connectivity index (χ2v) is 12.6. The molecule has 2 N–H and O–H groups in total.